The van der Waals surface area contributed by atoms with Crippen molar-refractivity contribution in [1.82, 2.24) is 0 Å². The summed E-state index contributed by atoms with van der Waals surface area (Å²) in [5, 5.41) is 0. The molecule has 0 radical (unpaired) electrons. The molecule has 2 aliphatic carbocycles. The van der Waals surface area contributed by atoms with E-state index in [1.807, 2.05) is 6.92 Å². The van der Waals surface area contributed by atoms with Gasteiger partial charge in [0.2, 0.25) is 0 Å². The van der Waals surface area contributed by atoms with Gasteiger partial charge in [-0.15, -0.1) is 0 Å². The summed E-state index contributed by atoms with van der Waals surface area (Å²) in [4.78, 5) is 38.9. The highest BCUT2D eigenvalue weighted by Gasteiger charge is 2.42. The van der Waals surface area contributed by atoms with Crippen LogP contribution in [0, 0.1) is 0 Å². The van der Waals surface area contributed by atoms with Crippen molar-refractivity contribution in [3.8, 4) is 17.2 Å². The van der Waals surface area contributed by atoms with Gasteiger partial charge in [-0.25, -0.2) is 4.79 Å². The van der Waals surface area contributed by atoms with Crippen LogP contribution in [0.3, 0.4) is 0 Å². The third-order valence-electron chi connectivity index (χ3n) is 6.75. The number of Topliss-reactive ketones (excluding diaryl/α,β-unsaturated/α-hetero) is 2. The van der Waals surface area contributed by atoms with Crippen LogP contribution in [0.5, 0.6) is 17.2 Å². The average Bonchev–Trinajstić information content (AvgIpc) is 2.89. The van der Waals surface area contributed by atoms with E-state index >= 15 is 0 Å². The molecule has 36 heavy (non-hydrogen) atoms. The molecule has 2 aromatic rings. The first-order chi connectivity index (χ1) is 17.5. The molecule has 0 saturated carbocycles. The highest BCUT2D eigenvalue weighted by atomic mass is 16.6. The van der Waals surface area contributed by atoms with Crippen LogP contribution in [-0.2, 0) is 14.3 Å². The Hall–Kier alpha value is -3.87. The Morgan fingerprint density at radius 3 is 2.25 bits per heavy atom. The smallest absolute Gasteiger partial charge is 0.343 e. The summed E-state index contributed by atoms with van der Waals surface area (Å²) in [5.74, 6) is 1.50. The van der Waals surface area contributed by atoms with Gasteiger partial charge in [-0.05, 0) is 55.7 Å². The Labute approximate surface area is 209 Å². The predicted octanol–water partition coefficient (Wildman–Crippen LogP) is 5.44. The molecule has 1 heterocycles. The van der Waals surface area contributed by atoms with Crippen molar-refractivity contribution in [2.75, 3.05) is 13.7 Å². The second-order valence-corrected chi connectivity index (χ2v) is 9.02. The summed E-state index contributed by atoms with van der Waals surface area (Å²) in [5.41, 5.74) is 2.22. The maximum atomic E-state index is 13.0. The van der Waals surface area contributed by atoms with Gasteiger partial charge in [0.05, 0.1) is 19.3 Å². The average molecular weight is 489 g/mol. The summed E-state index contributed by atoms with van der Waals surface area (Å²) in [7, 11) is 1.53. The van der Waals surface area contributed by atoms with E-state index in [2.05, 4.69) is 0 Å². The SMILES string of the molecule is CCOc1cc(C2C3=C(CCCC3=O)OC3=C2C(=O)CCC3)ccc1OC(=O)c1cccc(OC)c1. The Morgan fingerprint density at radius 1 is 0.917 bits per heavy atom. The van der Waals surface area contributed by atoms with E-state index in [1.54, 1.807) is 42.5 Å². The number of carbonyl (C=O) groups excluding carboxylic acids is 3. The van der Waals surface area contributed by atoms with Crippen LogP contribution < -0.4 is 14.2 Å². The molecule has 0 N–H and O–H groups in total. The van der Waals surface area contributed by atoms with Crippen molar-refractivity contribution in [2.24, 2.45) is 0 Å². The molecule has 7 heteroatoms. The first-order valence-electron chi connectivity index (χ1n) is 12.3. The van der Waals surface area contributed by atoms with Crippen LogP contribution in [0.2, 0.25) is 0 Å². The van der Waals surface area contributed by atoms with Gasteiger partial charge < -0.3 is 18.9 Å². The number of hydrogen-bond donors (Lipinski definition) is 0. The largest absolute Gasteiger partial charge is 0.497 e. The van der Waals surface area contributed by atoms with E-state index in [-0.39, 0.29) is 17.3 Å². The zero-order chi connectivity index (χ0) is 25.2. The first-order valence-corrected chi connectivity index (χ1v) is 12.3. The Morgan fingerprint density at radius 2 is 1.61 bits per heavy atom. The number of benzene rings is 2. The van der Waals surface area contributed by atoms with Gasteiger partial charge in [-0.3, -0.25) is 9.59 Å². The van der Waals surface area contributed by atoms with E-state index in [1.165, 1.54) is 7.11 Å². The van der Waals surface area contributed by atoms with Crippen LogP contribution in [-0.4, -0.2) is 31.3 Å². The molecule has 186 valence electrons. The molecular weight excluding hydrogens is 460 g/mol. The van der Waals surface area contributed by atoms with E-state index in [9.17, 15) is 14.4 Å². The van der Waals surface area contributed by atoms with E-state index in [0.29, 0.717) is 72.0 Å². The molecule has 0 bridgehead atoms. The summed E-state index contributed by atoms with van der Waals surface area (Å²) >= 11 is 0. The molecule has 1 aliphatic heterocycles. The quantitative estimate of drug-likeness (QED) is 0.395. The van der Waals surface area contributed by atoms with E-state index in [4.69, 9.17) is 18.9 Å². The van der Waals surface area contributed by atoms with Crippen molar-refractivity contribution < 1.29 is 33.3 Å². The summed E-state index contributed by atoms with van der Waals surface area (Å²) in [6, 6.07) is 11.9. The molecule has 5 rings (SSSR count). The third-order valence-corrected chi connectivity index (χ3v) is 6.75. The Balaban J connectivity index is 1.54. The molecule has 0 saturated heterocycles. The minimum atomic E-state index is -0.548. The van der Waals surface area contributed by atoms with Crippen molar-refractivity contribution in [3.05, 3.63) is 76.3 Å². The fourth-order valence-corrected chi connectivity index (χ4v) is 5.12. The highest BCUT2D eigenvalue weighted by Crippen LogP contribution is 2.48. The second kappa shape index (κ2) is 10.0. The number of ether oxygens (including phenoxy) is 4. The molecule has 3 aliphatic rings. The number of methoxy groups -OCH3 is 1. The van der Waals surface area contributed by atoms with Gasteiger partial charge in [0.1, 0.15) is 17.3 Å². The van der Waals surface area contributed by atoms with Crippen LogP contribution in [0.1, 0.15) is 67.3 Å². The second-order valence-electron chi connectivity index (χ2n) is 9.02. The number of carbonyl (C=O) groups is 3. The van der Waals surface area contributed by atoms with Gasteiger partial charge in [0.15, 0.2) is 23.1 Å². The number of hydrogen-bond acceptors (Lipinski definition) is 7. The van der Waals surface area contributed by atoms with E-state index < -0.39 is 11.9 Å². The molecule has 0 atom stereocenters. The zero-order valence-electron chi connectivity index (χ0n) is 20.4. The lowest BCUT2D eigenvalue weighted by Crippen LogP contribution is -2.30. The molecule has 0 unspecified atom stereocenters. The fraction of sp³-hybridized carbons (Fsp3) is 0.345. The molecule has 0 amide bonds. The van der Waals surface area contributed by atoms with Gasteiger partial charge >= 0.3 is 5.97 Å². The lowest BCUT2D eigenvalue weighted by Gasteiger charge is -2.36. The maximum absolute atomic E-state index is 13.0. The lowest BCUT2D eigenvalue weighted by atomic mass is 9.73. The van der Waals surface area contributed by atoms with Crippen molar-refractivity contribution in [3.63, 3.8) is 0 Å². The first kappa shape index (κ1) is 23.9. The third kappa shape index (κ3) is 4.41. The summed E-state index contributed by atoms with van der Waals surface area (Å²) in [6.45, 7) is 2.19. The summed E-state index contributed by atoms with van der Waals surface area (Å²) < 4.78 is 22.8. The fourth-order valence-electron chi connectivity index (χ4n) is 5.12. The molecule has 2 aromatic carbocycles. The van der Waals surface area contributed by atoms with Crippen molar-refractivity contribution in [2.45, 2.75) is 51.4 Å². The molecular formula is C29H28O7. The minimum absolute atomic E-state index is 0.0117. The van der Waals surface area contributed by atoms with Crippen molar-refractivity contribution in [1.29, 1.82) is 0 Å². The summed E-state index contributed by atoms with van der Waals surface area (Å²) in [6.07, 6.45) is 3.71. The van der Waals surface area contributed by atoms with Crippen molar-refractivity contribution >= 4 is 17.5 Å². The monoisotopic (exact) mass is 488 g/mol. The predicted molar refractivity (Wildman–Crippen MR) is 131 cm³/mol. The highest BCUT2D eigenvalue weighted by molar-refractivity contribution is 6.05. The molecule has 0 aromatic heterocycles. The lowest BCUT2D eigenvalue weighted by molar-refractivity contribution is -0.117. The maximum Gasteiger partial charge on any atom is 0.343 e. The van der Waals surface area contributed by atoms with Crippen LogP contribution in [0.15, 0.2) is 65.1 Å². The van der Waals surface area contributed by atoms with Crippen LogP contribution >= 0.6 is 0 Å². The van der Waals surface area contributed by atoms with E-state index in [0.717, 1.165) is 18.4 Å². The Bertz CT molecular complexity index is 1260. The molecule has 0 spiro atoms. The van der Waals surface area contributed by atoms with Gasteiger partial charge in [0, 0.05) is 42.7 Å². The van der Waals surface area contributed by atoms with Crippen LogP contribution in [0.25, 0.3) is 0 Å². The topological polar surface area (TPSA) is 88.1 Å². The zero-order valence-corrected chi connectivity index (χ0v) is 20.4. The number of rotatable bonds is 6. The normalized spacial score (nSPS) is 17.8. The van der Waals surface area contributed by atoms with Gasteiger partial charge in [0.25, 0.3) is 0 Å². The number of esters is 1. The van der Waals surface area contributed by atoms with Gasteiger partial charge in [-0.2, -0.15) is 0 Å². The standard InChI is InChI=1S/C29H28O7/c1-3-34-25-16-17(13-14-22(25)36-29(32)18-7-4-8-19(15-18)33-2)26-27-20(30)9-5-11-23(27)35-24-12-6-10-21(31)28(24)26/h4,7-8,13-16,26H,3,5-6,9-12H2,1-2H3. The van der Waals surface area contributed by atoms with Crippen LogP contribution in [0.4, 0.5) is 0 Å². The minimum Gasteiger partial charge on any atom is -0.497 e. The van der Waals surface area contributed by atoms with Gasteiger partial charge in [-0.1, -0.05) is 12.1 Å². The molecule has 7 nitrogen and oxygen atoms in total. The Kier molecular flexibility index (Phi) is 6.63. The number of allylic oxidation sites excluding steroid dienone is 4. The number of ketones is 2. The molecule has 0 fully saturated rings.